The van der Waals surface area contributed by atoms with E-state index in [1.54, 1.807) is 65.5 Å². The van der Waals surface area contributed by atoms with Crippen molar-refractivity contribution in [1.82, 2.24) is 56.2 Å². The Morgan fingerprint density at radius 2 is 1.51 bits per heavy atom. The molecule has 1 aliphatic rings. The number of nitrogens with zero attached hydrogens (tertiary/aromatic N) is 10. The molecule has 4 atom stereocenters. The summed E-state index contributed by atoms with van der Waals surface area (Å²) in [5.41, 5.74) is 11.5. The molecule has 8 heterocycles. The van der Waals surface area contributed by atoms with E-state index in [4.69, 9.17) is 40.2 Å². The van der Waals surface area contributed by atoms with Crippen LogP contribution in [0.2, 0.25) is 0 Å². The predicted octanol–water partition coefficient (Wildman–Crippen LogP) is 8.65. The summed E-state index contributed by atoms with van der Waals surface area (Å²) in [6.45, 7) is 5.15. The lowest BCUT2D eigenvalue weighted by Gasteiger charge is -2.23. The SMILES string of the molecule is CNC(=O)C[C@@H]1NC(=O)c2csc(n2)-c2ccc(-c3nc(C(=O)N=[N+]=[N-])cs3)nc2-c2csc(n2)-c2csc(n2)[C@H]([C@@H](O)c2ccccc2)NC(=O)CNC(=O)c2nc(sc2COC)[C@@H](C(C)C)CC(=O)c2nc1sc2C. The highest BCUT2D eigenvalue weighted by atomic mass is 32.1. The van der Waals surface area contributed by atoms with Crippen LogP contribution in [0.3, 0.4) is 0 Å². The molecule has 1 aliphatic heterocycles. The third-order valence-corrected chi connectivity index (χ3v) is 17.7. The summed E-state index contributed by atoms with van der Waals surface area (Å²) in [7, 11) is 2.95. The van der Waals surface area contributed by atoms with Crippen molar-refractivity contribution in [2.24, 2.45) is 11.0 Å². The molecule has 1 aromatic carbocycles. The number of pyridine rings is 1. The molecule has 5 amide bonds. The number of fused-ring (bicyclic) bond motifs is 14. The van der Waals surface area contributed by atoms with E-state index >= 15 is 0 Å². The van der Waals surface area contributed by atoms with Crippen molar-refractivity contribution in [3.8, 4) is 43.4 Å². The van der Waals surface area contributed by atoms with Crippen LogP contribution in [0.15, 0.2) is 69.1 Å². The summed E-state index contributed by atoms with van der Waals surface area (Å²) in [5, 5.41) is 34.9. The molecule has 0 spiro atoms. The van der Waals surface area contributed by atoms with Crippen molar-refractivity contribution in [3.63, 3.8) is 0 Å². The molecule has 5 N–H and O–H groups in total. The number of carbonyl (C=O) groups is 6. The fourth-order valence-electron chi connectivity index (χ4n) is 8.03. The van der Waals surface area contributed by atoms with E-state index in [0.29, 0.717) is 73.7 Å². The van der Waals surface area contributed by atoms with E-state index in [0.717, 1.165) is 22.7 Å². The van der Waals surface area contributed by atoms with Gasteiger partial charge in [0.2, 0.25) is 11.8 Å². The van der Waals surface area contributed by atoms with Gasteiger partial charge in [-0.05, 0) is 41.2 Å². The number of aliphatic hydroxyl groups excluding tert-OH is 1. The molecule has 0 fully saturated rings. The Kier molecular flexibility index (Phi) is 16.9. The van der Waals surface area contributed by atoms with Crippen LogP contribution in [-0.2, 0) is 20.9 Å². The van der Waals surface area contributed by atoms with E-state index in [2.05, 4.69) is 36.3 Å². The highest BCUT2D eigenvalue weighted by molar-refractivity contribution is 7.15. The summed E-state index contributed by atoms with van der Waals surface area (Å²) in [6, 6.07) is 10.1. The number of carbonyl (C=O) groups excluding carboxylic acids is 6. The highest BCUT2D eigenvalue weighted by Gasteiger charge is 2.33. The van der Waals surface area contributed by atoms with Crippen LogP contribution in [0.5, 0.6) is 0 Å². The van der Waals surface area contributed by atoms with Crippen molar-refractivity contribution >= 4 is 103 Å². The van der Waals surface area contributed by atoms with Gasteiger partial charge in [0, 0.05) is 63.4 Å². The molecule has 7 aromatic heterocycles. The van der Waals surface area contributed by atoms with Gasteiger partial charge in [-0.2, -0.15) is 0 Å². The second-order valence-electron chi connectivity index (χ2n) is 17.5. The van der Waals surface area contributed by atoms with Gasteiger partial charge in [-0.15, -0.1) is 68.0 Å². The predicted molar refractivity (Wildman–Crippen MR) is 292 cm³/mol. The topological polar surface area (TPSA) is 319 Å². The lowest BCUT2D eigenvalue weighted by Crippen LogP contribution is -2.40. The second kappa shape index (κ2) is 23.9. The first-order chi connectivity index (χ1) is 37.1. The number of benzene rings is 1. The van der Waals surface area contributed by atoms with Gasteiger partial charge in [-0.1, -0.05) is 44.2 Å². The van der Waals surface area contributed by atoms with E-state index < -0.39 is 54.3 Å². The van der Waals surface area contributed by atoms with Gasteiger partial charge >= 0.3 is 0 Å². The van der Waals surface area contributed by atoms with Gasteiger partial charge in [0.05, 0.1) is 41.2 Å². The Balaban J connectivity index is 1.14. The molecule has 10 bridgehead atoms. The number of ether oxygens (including phenoxy) is 1. The number of methoxy groups -OCH3 is 1. The molecular weight excluding hydrogens is 1110 g/mol. The monoisotopic (exact) mass is 1150 g/mol. The molecule has 0 radical (unpaired) electrons. The average molecular weight is 1150 g/mol. The maximum absolute atomic E-state index is 14.3. The van der Waals surface area contributed by atoms with Crippen LogP contribution in [0.1, 0.15) is 123 Å². The number of Topliss-reactive ketones (excluding diaryl/α,β-unsaturated/α-hetero) is 1. The van der Waals surface area contributed by atoms with Crippen molar-refractivity contribution in [2.45, 2.75) is 64.3 Å². The molecular formula is C49H44N14O8S6. The van der Waals surface area contributed by atoms with Crippen LogP contribution >= 0.6 is 68.0 Å². The van der Waals surface area contributed by atoms with E-state index in [-0.39, 0.29) is 59.8 Å². The number of amides is 5. The number of hydrogen-bond donors (Lipinski definition) is 5. The summed E-state index contributed by atoms with van der Waals surface area (Å²) in [4.78, 5) is 119. The standard InChI is InChI=1S/C49H44N14O8S6/c1-21(2)25-13-32(64)36-22(3)76-48(60-36)27(14-34(65)51-4)54-41(68)29-18-72-44(56-29)24-11-12-26(46-57-30(19-74-46)42(69)62-63-50)53-37(24)28-17-73-47(55-28)31-20-75-49(58-31)39(40(67)23-9-7-6-8-10-23)59-35(66)15-52-43(70)38-33(16-71-5)77-45(25)61-38/h6-12,17-21,25,27,39-40,67H,13-16H2,1-5H3,(H,51,65)(H,52,70)(H,54,68)(H,59,66)/t25-,27+,39+,40+/m1/s1. The number of aromatic nitrogens is 7. The number of thiazole rings is 6. The molecule has 77 heavy (non-hydrogen) atoms. The first-order valence-electron chi connectivity index (χ1n) is 23.4. The molecule has 394 valence electrons. The zero-order chi connectivity index (χ0) is 54.5. The van der Waals surface area contributed by atoms with E-state index in [1.165, 1.54) is 64.9 Å². The third kappa shape index (κ3) is 12.1. The van der Waals surface area contributed by atoms with Gasteiger partial charge in [0.1, 0.15) is 77.0 Å². The Hall–Kier alpha value is -7.40. The van der Waals surface area contributed by atoms with Crippen LogP contribution < -0.4 is 21.3 Å². The number of aryl methyl sites for hydroxylation is 1. The average Bonchev–Trinajstić information content (AvgIpc) is 4.33. The van der Waals surface area contributed by atoms with Gasteiger partial charge in [-0.3, -0.25) is 28.8 Å². The molecule has 0 saturated carbocycles. The van der Waals surface area contributed by atoms with Crippen LogP contribution in [0.4, 0.5) is 0 Å². The lowest BCUT2D eigenvalue weighted by molar-refractivity contribution is -0.122. The molecule has 22 nitrogen and oxygen atoms in total. The van der Waals surface area contributed by atoms with E-state index in [1.807, 2.05) is 13.8 Å². The van der Waals surface area contributed by atoms with Crippen molar-refractivity contribution in [3.05, 3.63) is 128 Å². The maximum atomic E-state index is 14.3. The van der Waals surface area contributed by atoms with Gasteiger partial charge < -0.3 is 31.1 Å². The second-order valence-corrected chi connectivity index (χ2v) is 23.3. The van der Waals surface area contributed by atoms with Gasteiger partial charge in [-0.25, -0.2) is 34.9 Å². The summed E-state index contributed by atoms with van der Waals surface area (Å²) in [6.07, 6.45) is -1.51. The lowest BCUT2D eigenvalue weighted by atomic mass is 9.90. The summed E-state index contributed by atoms with van der Waals surface area (Å²) in [5.74, 6) is -4.07. The number of ketones is 1. The molecule has 8 aromatic rings. The molecule has 9 rings (SSSR count). The van der Waals surface area contributed by atoms with Crippen LogP contribution in [0.25, 0.3) is 53.8 Å². The smallest absolute Gasteiger partial charge is 0.271 e. The number of aliphatic hydroxyl groups is 1. The third-order valence-electron chi connectivity index (χ3n) is 12.0. The summed E-state index contributed by atoms with van der Waals surface area (Å²) < 4.78 is 5.45. The number of azide groups is 1. The minimum absolute atomic E-state index is 0.0222. The maximum Gasteiger partial charge on any atom is 0.271 e. The van der Waals surface area contributed by atoms with Crippen molar-refractivity contribution < 1.29 is 38.6 Å². The fraction of sp³-hybridized carbons (Fsp3) is 0.286. The largest absolute Gasteiger partial charge is 0.386 e. The fourth-order valence-corrected chi connectivity index (χ4v) is 13.6. The number of rotatable bonds is 9. The van der Waals surface area contributed by atoms with Crippen molar-refractivity contribution in [1.29, 1.82) is 0 Å². The summed E-state index contributed by atoms with van der Waals surface area (Å²) >= 11 is 7.09. The molecule has 0 saturated heterocycles. The zero-order valence-corrected chi connectivity index (χ0v) is 46.2. The van der Waals surface area contributed by atoms with Crippen LogP contribution in [-0.4, -0.2) is 96.0 Å². The number of nitrogens with one attached hydrogen (secondary N) is 4. The Bertz CT molecular complexity index is 3600. The molecule has 28 heteroatoms. The minimum atomic E-state index is -1.27. The minimum Gasteiger partial charge on any atom is -0.386 e. The normalized spacial score (nSPS) is 16.7. The van der Waals surface area contributed by atoms with Gasteiger partial charge in [0.25, 0.3) is 17.7 Å². The quantitative estimate of drug-likeness (QED) is 0.0513. The molecule has 0 aliphatic carbocycles. The highest BCUT2D eigenvalue weighted by Crippen LogP contribution is 2.40. The van der Waals surface area contributed by atoms with Gasteiger partial charge in [0.15, 0.2) is 5.78 Å². The Morgan fingerprint density at radius 3 is 2.26 bits per heavy atom. The Labute approximate surface area is 462 Å². The first kappa shape index (κ1) is 54.4. The zero-order valence-electron chi connectivity index (χ0n) is 41.3. The van der Waals surface area contributed by atoms with Crippen molar-refractivity contribution in [2.75, 3.05) is 20.7 Å². The van der Waals surface area contributed by atoms with Crippen LogP contribution in [0, 0.1) is 12.8 Å². The van der Waals surface area contributed by atoms with E-state index in [9.17, 15) is 33.9 Å². The molecule has 0 unspecified atom stereocenters. The first-order valence-corrected chi connectivity index (χ1v) is 28.5. The Morgan fingerprint density at radius 1 is 0.792 bits per heavy atom. The number of hydrogen-bond acceptors (Lipinski definition) is 21.